The summed E-state index contributed by atoms with van der Waals surface area (Å²) in [7, 11) is 0. The zero-order valence-corrected chi connectivity index (χ0v) is 14.3. The van der Waals surface area contributed by atoms with Crippen molar-refractivity contribution in [2.75, 3.05) is 13.1 Å². The highest BCUT2D eigenvalue weighted by Crippen LogP contribution is 2.40. The average molecular weight is 352 g/mol. The van der Waals surface area contributed by atoms with Crippen LogP contribution < -0.4 is 4.74 Å². The molecule has 3 rings (SSSR count). The van der Waals surface area contributed by atoms with Crippen LogP contribution in [0, 0.1) is 0 Å². The maximum absolute atomic E-state index is 12.5. The number of likely N-dealkylation sites (tertiary alicyclic amines) is 1. The van der Waals surface area contributed by atoms with Crippen LogP contribution in [0.25, 0.3) is 0 Å². The predicted molar refractivity (Wildman–Crippen MR) is 87.0 cm³/mol. The molecule has 0 bridgehead atoms. The van der Waals surface area contributed by atoms with Crippen molar-refractivity contribution in [1.82, 2.24) is 4.90 Å². The first kappa shape index (κ1) is 15.0. The second-order valence-electron chi connectivity index (χ2n) is 6.51. The molecule has 1 fully saturated rings. The van der Waals surface area contributed by atoms with Crippen molar-refractivity contribution in [3.05, 3.63) is 28.2 Å². The van der Waals surface area contributed by atoms with E-state index in [1.807, 2.05) is 18.2 Å². The van der Waals surface area contributed by atoms with Gasteiger partial charge in [-0.15, -0.1) is 0 Å². The summed E-state index contributed by atoms with van der Waals surface area (Å²) in [6, 6.07) is 6.30. The number of nitrogens with zero attached hydrogens (tertiary/aromatic N) is 1. The van der Waals surface area contributed by atoms with Gasteiger partial charge in [0.1, 0.15) is 11.4 Å². The molecule has 0 saturated carbocycles. The molecule has 0 aromatic heterocycles. The Hall–Kier alpha value is -0.870. The van der Waals surface area contributed by atoms with Gasteiger partial charge < -0.3 is 9.64 Å². The summed E-state index contributed by atoms with van der Waals surface area (Å²) < 4.78 is 7.26. The summed E-state index contributed by atoms with van der Waals surface area (Å²) in [5.41, 5.74) is 0.432. The summed E-state index contributed by atoms with van der Waals surface area (Å²) in [5, 5.41) is 0. The Bertz CT molecular complexity index is 558. The van der Waals surface area contributed by atoms with Crippen molar-refractivity contribution >= 4 is 21.7 Å². The number of carbonyl (C=O) groups excluding carboxylic acids is 1. The molecule has 0 radical (unpaired) electrons. The van der Waals surface area contributed by atoms with Crippen LogP contribution in [0.3, 0.4) is 0 Å². The molecule has 1 aromatic rings. The molecule has 1 atom stereocenters. The fraction of sp³-hybridized carbons (Fsp3) is 0.588. The van der Waals surface area contributed by atoms with E-state index in [4.69, 9.17) is 4.74 Å². The molecular weight excluding hydrogens is 330 g/mol. The number of carbonyl (C=O) groups is 1. The van der Waals surface area contributed by atoms with Gasteiger partial charge in [0.2, 0.25) is 0 Å². The molecule has 1 unspecified atom stereocenters. The minimum absolute atomic E-state index is 0.218. The average Bonchev–Trinajstić information content (AvgIpc) is 2.63. The molecule has 2 heterocycles. The van der Waals surface area contributed by atoms with Crippen molar-refractivity contribution in [3.8, 4) is 5.75 Å². The molecule has 0 amide bonds. The van der Waals surface area contributed by atoms with Gasteiger partial charge in [-0.25, -0.2) is 0 Å². The Kier molecular flexibility index (Phi) is 4.10. The van der Waals surface area contributed by atoms with Gasteiger partial charge in [0, 0.05) is 23.5 Å². The number of ketones is 1. The van der Waals surface area contributed by atoms with Crippen LogP contribution in [0.4, 0.5) is 0 Å². The molecule has 114 valence electrons. The first-order valence-corrected chi connectivity index (χ1v) is 8.54. The minimum atomic E-state index is -0.290. The number of halogens is 1. The first-order valence-electron chi connectivity index (χ1n) is 7.75. The van der Waals surface area contributed by atoms with Gasteiger partial charge in [0.15, 0.2) is 5.78 Å². The summed E-state index contributed by atoms with van der Waals surface area (Å²) in [6.07, 6.45) is 3.52. The molecule has 1 spiro atoms. The van der Waals surface area contributed by atoms with Gasteiger partial charge in [0.05, 0.1) is 12.0 Å². The van der Waals surface area contributed by atoms with Crippen LogP contribution in [0.5, 0.6) is 5.75 Å². The number of hydrogen-bond acceptors (Lipinski definition) is 3. The zero-order chi connectivity index (χ0) is 15.0. The second-order valence-corrected chi connectivity index (χ2v) is 7.42. The topological polar surface area (TPSA) is 29.5 Å². The van der Waals surface area contributed by atoms with Gasteiger partial charge >= 0.3 is 0 Å². The molecule has 2 aliphatic rings. The van der Waals surface area contributed by atoms with Crippen LogP contribution in [-0.2, 0) is 0 Å². The highest BCUT2D eigenvalue weighted by atomic mass is 79.9. The van der Waals surface area contributed by atoms with E-state index < -0.39 is 0 Å². The fourth-order valence-corrected chi connectivity index (χ4v) is 3.81. The molecule has 0 N–H and O–H groups in total. The van der Waals surface area contributed by atoms with Crippen LogP contribution in [0.2, 0.25) is 0 Å². The van der Waals surface area contributed by atoms with E-state index in [2.05, 4.69) is 34.7 Å². The Labute approximate surface area is 134 Å². The number of fused-ring (bicyclic) bond motifs is 1. The van der Waals surface area contributed by atoms with E-state index in [1.165, 1.54) is 0 Å². The Morgan fingerprint density at radius 3 is 2.86 bits per heavy atom. The van der Waals surface area contributed by atoms with E-state index in [-0.39, 0.29) is 11.4 Å². The summed E-state index contributed by atoms with van der Waals surface area (Å²) in [5.74, 6) is 0.975. The molecule has 4 heteroatoms. The third-order valence-electron chi connectivity index (χ3n) is 4.71. The van der Waals surface area contributed by atoms with Gasteiger partial charge in [-0.05, 0) is 51.4 Å². The maximum atomic E-state index is 12.5. The third kappa shape index (κ3) is 3.02. The van der Waals surface area contributed by atoms with Gasteiger partial charge in [-0.2, -0.15) is 0 Å². The molecule has 0 aliphatic carbocycles. The van der Waals surface area contributed by atoms with E-state index >= 15 is 0 Å². The number of hydrogen-bond donors (Lipinski definition) is 0. The smallest absolute Gasteiger partial charge is 0.170 e. The Morgan fingerprint density at radius 2 is 2.10 bits per heavy atom. The molecule has 2 aliphatic heterocycles. The highest BCUT2D eigenvalue weighted by molar-refractivity contribution is 9.10. The predicted octanol–water partition coefficient (Wildman–Crippen LogP) is 4.05. The Balaban J connectivity index is 1.84. The van der Waals surface area contributed by atoms with E-state index in [1.54, 1.807) is 0 Å². The number of rotatable bonds is 1. The molecular formula is C17H22BrNO2. The maximum Gasteiger partial charge on any atom is 0.170 e. The van der Waals surface area contributed by atoms with Gasteiger partial charge in [0.25, 0.3) is 0 Å². The van der Waals surface area contributed by atoms with Crippen molar-refractivity contribution in [1.29, 1.82) is 0 Å². The summed E-state index contributed by atoms with van der Waals surface area (Å²) >= 11 is 3.43. The first-order chi connectivity index (χ1) is 9.99. The summed E-state index contributed by atoms with van der Waals surface area (Å²) in [4.78, 5) is 15.0. The molecule has 21 heavy (non-hydrogen) atoms. The van der Waals surface area contributed by atoms with E-state index in [0.29, 0.717) is 12.5 Å². The SMILES string of the molecule is CC(C)N1CCCC2(CC1)CC(=O)c1cc(Br)ccc1O2. The molecule has 3 nitrogen and oxygen atoms in total. The van der Waals surface area contributed by atoms with Crippen molar-refractivity contribution in [3.63, 3.8) is 0 Å². The third-order valence-corrected chi connectivity index (χ3v) is 5.21. The Morgan fingerprint density at radius 1 is 1.29 bits per heavy atom. The zero-order valence-electron chi connectivity index (χ0n) is 12.7. The number of ether oxygens (including phenoxy) is 1. The lowest BCUT2D eigenvalue weighted by Crippen LogP contribution is -2.43. The highest BCUT2D eigenvalue weighted by Gasteiger charge is 2.41. The van der Waals surface area contributed by atoms with Crippen LogP contribution in [0.1, 0.15) is 49.9 Å². The quantitative estimate of drug-likeness (QED) is 0.764. The van der Waals surface area contributed by atoms with Gasteiger partial charge in [-0.1, -0.05) is 15.9 Å². The van der Waals surface area contributed by atoms with E-state index in [0.717, 1.165) is 48.1 Å². The summed E-state index contributed by atoms with van der Waals surface area (Å²) in [6.45, 7) is 6.58. The van der Waals surface area contributed by atoms with Gasteiger partial charge in [-0.3, -0.25) is 4.79 Å². The molecule has 1 saturated heterocycles. The molecule has 1 aromatic carbocycles. The lowest BCUT2D eigenvalue weighted by molar-refractivity contribution is 0.0294. The van der Waals surface area contributed by atoms with Crippen molar-refractivity contribution in [2.45, 2.75) is 51.2 Å². The van der Waals surface area contributed by atoms with Crippen LogP contribution in [0.15, 0.2) is 22.7 Å². The van der Waals surface area contributed by atoms with Crippen LogP contribution >= 0.6 is 15.9 Å². The van der Waals surface area contributed by atoms with Crippen molar-refractivity contribution < 1.29 is 9.53 Å². The standard InChI is InChI=1S/C17H22BrNO2/c1-12(2)19-8-3-6-17(7-9-19)11-15(20)14-10-13(18)4-5-16(14)21-17/h4-5,10,12H,3,6-9,11H2,1-2H3. The number of Topliss-reactive ketones (excluding diaryl/α,β-unsaturated/α-hetero) is 1. The monoisotopic (exact) mass is 351 g/mol. The lowest BCUT2D eigenvalue weighted by atomic mass is 9.84. The van der Waals surface area contributed by atoms with Crippen molar-refractivity contribution in [2.24, 2.45) is 0 Å². The minimum Gasteiger partial charge on any atom is -0.486 e. The number of benzene rings is 1. The van der Waals surface area contributed by atoms with E-state index in [9.17, 15) is 4.79 Å². The van der Waals surface area contributed by atoms with Crippen LogP contribution in [-0.4, -0.2) is 35.4 Å². The second kappa shape index (κ2) is 5.73. The largest absolute Gasteiger partial charge is 0.486 e. The fourth-order valence-electron chi connectivity index (χ4n) is 3.45. The normalized spacial score (nSPS) is 26.6. The lowest BCUT2D eigenvalue weighted by Gasteiger charge is -2.37.